The van der Waals surface area contributed by atoms with Crippen LogP contribution in [0.5, 0.6) is 5.75 Å². The third-order valence-corrected chi connectivity index (χ3v) is 4.08. The van der Waals surface area contributed by atoms with Crippen molar-refractivity contribution >= 4 is 22.6 Å². The van der Waals surface area contributed by atoms with Crippen molar-refractivity contribution in [1.29, 1.82) is 0 Å². The van der Waals surface area contributed by atoms with Gasteiger partial charge >= 0.3 is 0 Å². The van der Waals surface area contributed by atoms with Crippen molar-refractivity contribution in [2.24, 2.45) is 5.92 Å². The molecule has 0 unspecified atom stereocenters. The molecule has 0 aliphatic rings. The molecule has 0 saturated carbocycles. The van der Waals surface area contributed by atoms with Crippen LogP contribution in [0.3, 0.4) is 0 Å². The number of rotatable bonds is 5. The summed E-state index contributed by atoms with van der Waals surface area (Å²) in [5.41, 5.74) is 1.67. The van der Waals surface area contributed by atoms with Crippen molar-refractivity contribution in [3.8, 4) is 17.1 Å². The van der Waals surface area contributed by atoms with Gasteiger partial charge in [0, 0.05) is 5.56 Å². The molecule has 4 nitrogen and oxygen atoms in total. The number of H-pyrrole nitrogens is 1. The molecule has 2 rings (SSSR count). The van der Waals surface area contributed by atoms with Crippen LogP contribution >= 0.6 is 22.6 Å². The molecule has 1 aromatic heterocycles. The first-order valence-corrected chi connectivity index (χ1v) is 8.11. The molecule has 0 radical (unpaired) electrons. The van der Waals surface area contributed by atoms with Gasteiger partial charge in [0.1, 0.15) is 11.6 Å². The van der Waals surface area contributed by atoms with Crippen molar-refractivity contribution in [3.05, 3.63) is 43.9 Å². The zero-order valence-electron chi connectivity index (χ0n) is 12.4. The standard InChI is InChI=1S/C16H19IN2O2/c1-4-21-12-7-5-11(6-8-12)15-18-13(9-10(2)3)14(17)16(20)19-15/h5-8,10H,4,9H2,1-3H3,(H,18,19,20). The molecule has 0 fully saturated rings. The molecule has 0 spiro atoms. The second-order valence-electron chi connectivity index (χ2n) is 5.23. The van der Waals surface area contributed by atoms with E-state index in [2.05, 4.69) is 46.4 Å². The minimum atomic E-state index is -0.0786. The number of halogens is 1. The van der Waals surface area contributed by atoms with E-state index in [0.29, 0.717) is 21.9 Å². The lowest BCUT2D eigenvalue weighted by atomic mass is 10.1. The SMILES string of the molecule is CCOc1ccc(-c2nc(CC(C)C)c(I)c(=O)[nH]2)cc1. The van der Waals surface area contributed by atoms with Crippen LogP contribution in [0.1, 0.15) is 26.5 Å². The molecular formula is C16H19IN2O2. The summed E-state index contributed by atoms with van der Waals surface area (Å²) in [5, 5.41) is 0. The molecule has 0 bridgehead atoms. The van der Waals surface area contributed by atoms with Crippen LogP contribution in [-0.4, -0.2) is 16.6 Å². The van der Waals surface area contributed by atoms with Crippen molar-refractivity contribution in [2.45, 2.75) is 27.2 Å². The highest BCUT2D eigenvalue weighted by atomic mass is 127. The summed E-state index contributed by atoms with van der Waals surface area (Å²) in [6.45, 7) is 6.83. The van der Waals surface area contributed by atoms with E-state index in [-0.39, 0.29) is 5.56 Å². The Morgan fingerprint density at radius 3 is 2.52 bits per heavy atom. The minimum Gasteiger partial charge on any atom is -0.494 e. The smallest absolute Gasteiger partial charge is 0.264 e. The van der Waals surface area contributed by atoms with E-state index in [9.17, 15) is 4.79 Å². The number of ether oxygens (including phenoxy) is 1. The molecule has 0 atom stereocenters. The molecule has 0 aliphatic heterocycles. The van der Waals surface area contributed by atoms with Crippen molar-refractivity contribution in [2.75, 3.05) is 6.61 Å². The normalized spacial score (nSPS) is 10.9. The zero-order chi connectivity index (χ0) is 15.4. The zero-order valence-corrected chi connectivity index (χ0v) is 14.6. The first-order valence-electron chi connectivity index (χ1n) is 7.03. The van der Waals surface area contributed by atoms with Crippen LogP contribution in [0.15, 0.2) is 29.1 Å². The van der Waals surface area contributed by atoms with Gasteiger partial charge in [-0.25, -0.2) is 4.98 Å². The Labute approximate surface area is 138 Å². The topological polar surface area (TPSA) is 55.0 Å². The van der Waals surface area contributed by atoms with Crippen LogP contribution in [-0.2, 0) is 6.42 Å². The first kappa shape index (κ1) is 16.0. The van der Waals surface area contributed by atoms with Gasteiger partial charge in [-0.3, -0.25) is 4.79 Å². The summed E-state index contributed by atoms with van der Waals surface area (Å²) < 4.78 is 6.10. The van der Waals surface area contributed by atoms with Gasteiger partial charge in [0.25, 0.3) is 5.56 Å². The predicted octanol–water partition coefficient (Wildman–Crippen LogP) is 3.64. The lowest BCUT2D eigenvalue weighted by molar-refractivity contribution is 0.340. The molecule has 0 amide bonds. The maximum Gasteiger partial charge on any atom is 0.264 e. The fourth-order valence-corrected chi connectivity index (χ4v) is 2.52. The van der Waals surface area contributed by atoms with Gasteiger partial charge in [-0.05, 0) is 66.1 Å². The van der Waals surface area contributed by atoms with Crippen LogP contribution in [0.25, 0.3) is 11.4 Å². The second-order valence-corrected chi connectivity index (χ2v) is 6.31. The van der Waals surface area contributed by atoms with Crippen LogP contribution in [0.4, 0.5) is 0 Å². The largest absolute Gasteiger partial charge is 0.494 e. The Kier molecular flexibility index (Phi) is 5.39. The fourth-order valence-electron chi connectivity index (χ4n) is 2.04. The van der Waals surface area contributed by atoms with Gasteiger partial charge in [-0.1, -0.05) is 13.8 Å². The van der Waals surface area contributed by atoms with E-state index in [4.69, 9.17) is 4.74 Å². The molecule has 21 heavy (non-hydrogen) atoms. The van der Waals surface area contributed by atoms with Gasteiger partial charge in [0.05, 0.1) is 15.9 Å². The third-order valence-electron chi connectivity index (χ3n) is 2.97. The van der Waals surface area contributed by atoms with Crippen molar-refractivity contribution in [3.63, 3.8) is 0 Å². The van der Waals surface area contributed by atoms with Crippen molar-refractivity contribution in [1.82, 2.24) is 9.97 Å². The number of nitrogens with zero attached hydrogens (tertiary/aromatic N) is 1. The molecule has 1 N–H and O–H groups in total. The Bertz CT molecular complexity index is 663. The molecule has 1 heterocycles. The number of hydrogen-bond donors (Lipinski definition) is 1. The summed E-state index contributed by atoms with van der Waals surface area (Å²) in [5.74, 6) is 1.89. The van der Waals surface area contributed by atoms with E-state index in [0.717, 1.165) is 23.4 Å². The molecule has 0 aliphatic carbocycles. The van der Waals surface area contributed by atoms with E-state index >= 15 is 0 Å². The van der Waals surface area contributed by atoms with Crippen LogP contribution in [0, 0.1) is 9.49 Å². The van der Waals surface area contributed by atoms with E-state index in [1.54, 1.807) is 0 Å². The fraction of sp³-hybridized carbons (Fsp3) is 0.375. The number of benzene rings is 1. The maximum absolute atomic E-state index is 12.1. The maximum atomic E-state index is 12.1. The summed E-state index contributed by atoms with van der Waals surface area (Å²) in [7, 11) is 0. The molecule has 0 saturated heterocycles. The third kappa shape index (κ3) is 4.06. The van der Waals surface area contributed by atoms with E-state index in [1.807, 2.05) is 31.2 Å². The van der Waals surface area contributed by atoms with E-state index in [1.165, 1.54) is 0 Å². The lowest BCUT2D eigenvalue weighted by Gasteiger charge is -2.09. The summed E-state index contributed by atoms with van der Waals surface area (Å²) >= 11 is 2.06. The van der Waals surface area contributed by atoms with Crippen LogP contribution in [0.2, 0.25) is 0 Å². The van der Waals surface area contributed by atoms with Crippen molar-refractivity contribution < 1.29 is 4.74 Å². The Morgan fingerprint density at radius 1 is 1.29 bits per heavy atom. The highest BCUT2D eigenvalue weighted by Crippen LogP contribution is 2.20. The molecule has 2 aromatic rings. The van der Waals surface area contributed by atoms with Gasteiger partial charge in [-0.15, -0.1) is 0 Å². The molecule has 1 aromatic carbocycles. The number of hydrogen-bond acceptors (Lipinski definition) is 3. The lowest BCUT2D eigenvalue weighted by Crippen LogP contribution is -2.17. The molecule has 112 valence electrons. The van der Waals surface area contributed by atoms with Gasteiger partial charge < -0.3 is 9.72 Å². The Balaban J connectivity index is 2.39. The van der Waals surface area contributed by atoms with E-state index < -0.39 is 0 Å². The quantitative estimate of drug-likeness (QED) is 0.783. The molecule has 5 heteroatoms. The molecular weight excluding hydrogens is 379 g/mol. The number of aromatic amines is 1. The highest BCUT2D eigenvalue weighted by Gasteiger charge is 2.11. The minimum absolute atomic E-state index is 0.0786. The monoisotopic (exact) mass is 398 g/mol. The summed E-state index contributed by atoms with van der Waals surface area (Å²) in [6, 6.07) is 7.60. The Hall–Kier alpha value is -1.37. The average molecular weight is 398 g/mol. The number of nitrogens with one attached hydrogen (secondary N) is 1. The van der Waals surface area contributed by atoms with Gasteiger partial charge in [0.2, 0.25) is 0 Å². The Morgan fingerprint density at radius 2 is 1.95 bits per heavy atom. The average Bonchev–Trinajstić information content (AvgIpc) is 2.44. The highest BCUT2D eigenvalue weighted by molar-refractivity contribution is 14.1. The predicted molar refractivity (Wildman–Crippen MR) is 92.7 cm³/mol. The first-order chi connectivity index (χ1) is 10.0. The second kappa shape index (κ2) is 7.06. The van der Waals surface area contributed by atoms with Gasteiger partial charge in [-0.2, -0.15) is 0 Å². The van der Waals surface area contributed by atoms with Gasteiger partial charge in [0.15, 0.2) is 0 Å². The number of aromatic nitrogens is 2. The summed E-state index contributed by atoms with van der Waals surface area (Å²) in [6.07, 6.45) is 0.798. The summed E-state index contributed by atoms with van der Waals surface area (Å²) in [4.78, 5) is 19.5. The van der Waals surface area contributed by atoms with Crippen LogP contribution < -0.4 is 10.3 Å².